The molecule has 0 fully saturated rings. The van der Waals surface area contributed by atoms with E-state index in [1.54, 1.807) is 19.5 Å². The Morgan fingerprint density at radius 2 is 2.00 bits per heavy atom. The number of rotatable bonds is 3. The highest BCUT2D eigenvalue weighted by Crippen LogP contribution is 2.27. The van der Waals surface area contributed by atoms with Crippen molar-refractivity contribution in [3.63, 3.8) is 0 Å². The molecule has 0 radical (unpaired) electrons. The summed E-state index contributed by atoms with van der Waals surface area (Å²) in [6.45, 7) is 0. The Labute approximate surface area is 116 Å². The van der Waals surface area contributed by atoms with Gasteiger partial charge in [0.15, 0.2) is 0 Å². The molecule has 2 aromatic carbocycles. The van der Waals surface area contributed by atoms with Gasteiger partial charge < -0.3 is 9.72 Å². The Kier molecular flexibility index (Phi) is 3.10. The zero-order valence-corrected chi connectivity index (χ0v) is 11.0. The van der Waals surface area contributed by atoms with Gasteiger partial charge in [0.05, 0.1) is 13.2 Å². The van der Waals surface area contributed by atoms with Crippen molar-refractivity contribution in [1.29, 1.82) is 5.26 Å². The average Bonchev–Trinajstić information content (AvgIpc) is 3.01. The molecule has 0 saturated heterocycles. The number of hydrogen-bond donors (Lipinski definition) is 1. The minimum atomic E-state index is -0.378. The molecule has 98 valence electrons. The number of ether oxygens (including phenoxy) is 1. The highest BCUT2D eigenvalue weighted by Gasteiger charge is 2.15. The summed E-state index contributed by atoms with van der Waals surface area (Å²) in [7, 11) is 1.65. The molecule has 0 amide bonds. The topological polar surface area (TPSA) is 61.7 Å². The van der Waals surface area contributed by atoms with Crippen LogP contribution in [0.4, 0.5) is 0 Å². The maximum atomic E-state index is 9.38. The van der Waals surface area contributed by atoms with E-state index in [1.165, 1.54) is 0 Å². The van der Waals surface area contributed by atoms with Crippen LogP contribution in [0.5, 0.6) is 5.75 Å². The van der Waals surface area contributed by atoms with E-state index in [0.29, 0.717) is 5.82 Å². The molecule has 3 rings (SSSR count). The molecule has 0 aliphatic rings. The molecule has 1 atom stereocenters. The van der Waals surface area contributed by atoms with Gasteiger partial charge in [-0.2, -0.15) is 5.26 Å². The summed E-state index contributed by atoms with van der Waals surface area (Å²) >= 11 is 0. The molecule has 1 aromatic heterocycles. The number of aromatic amines is 1. The second-order valence-corrected chi connectivity index (χ2v) is 4.51. The fraction of sp³-hybridized carbons (Fsp3) is 0.125. The minimum absolute atomic E-state index is 0.378. The van der Waals surface area contributed by atoms with Crippen LogP contribution in [0.1, 0.15) is 17.3 Å². The van der Waals surface area contributed by atoms with E-state index < -0.39 is 0 Å². The van der Waals surface area contributed by atoms with Gasteiger partial charge in [-0.3, -0.25) is 0 Å². The van der Waals surface area contributed by atoms with Crippen LogP contribution in [0, 0.1) is 11.3 Å². The van der Waals surface area contributed by atoms with Gasteiger partial charge in [0.1, 0.15) is 17.5 Å². The summed E-state index contributed by atoms with van der Waals surface area (Å²) in [5.41, 5.74) is 0.931. The summed E-state index contributed by atoms with van der Waals surface area (Å²) in [5, 5.41) is 11.5. The molecule has 0 saturated carbocycles. The number of nitriles is 1. The number of nitrogens with zero attached hydrogens (tertiary/aromatic N) is 2. The van der Waals surface area contributed by atoms with Crippen molar-refractivity contribution in [2.24, 2.45) is 0 Å². The first-order valence-corrected chi connectivity index (χ1v) is 6.28. The van der Waals surface area contributed by atoms with Gasteiger partial charge in [-0.25, -0.2) is 4.98 Å². The zero-order chi connectivity index (χ0) is 13.9. The van der Waals surface area contributed by atoms with Crippen LogP contribution < -0.4 is 4.74 Å². The molecule has 0 aliphatic heterocycles. The number of aromatic nitrogens is 2. The number of hydrogen-bond acceptors (Lipinski definition) is 3. The molecule has 0 spiro atoms. The number of imidazole rings is 1. The standard InChI is InChI=1S/C16H13N3O/c1-20-14-5-4-11-8-13(3-2-12(11)9-14)15(10-17)16-18-6-7-19-16/h2-9,15H,1H3,(H,18,19). The third-order valence-electron chi connectivity index (χ3n) is 3.33. The molecule has 1 unspecified atom stereocenters. The fourth-order valence-electron chi connectivity index (χ4n) is 2.28. The minimum Gasteiger partial charge on any atom is -0.497 e. The van der Waals surface area contributed by atoms with Gasteiger partial charge in [0.2, 0.25) is 0 Å². The maximum absolute atomic E-state index is 9.38. The molecule has 4 heteroatoms. The van der Waals surface area contributed by atoms with Crippen LogP contribution in [0.25, 0.3) is 10.8 Å². The summed E-state index contributed by atoms with van der Waals surface area (Å²) in [6.07, 6.45) is 3.39. The number of nitrogens with one attached hydrogen (secondary N) is 1. The van der Waals surface area contributed by atoms with E-state index in [-0.39, 0.29) is 5.92 Å². The SMILES string of the molecule is COc1ccc2cc(C(C#N)c3ncc[nH]3)ccc2c1. The first kappa shape index (κ1) is 12.2. The van der Waals surface area contributed by atoms with Crippen LogP contribution in [0.15, 0.2) is 48.8 Å². The predicted octanol–water partition coefficient (Wildman–Crippen LogP) is 3.23. The lowest BCUT2D eigenvalue weighted by atomic mass is 9.97. The van der Waals surface area contributed by atoms with E-state index in [1.807, 2.05) is 36.4 Å². The van der Waals surface area contributed by atoms with E-state index in [0.717, 1.165) is 22.1 Å². The average molecular weight is 263 g/mol. The number of methoxy groups -OCH3 is 1. The van der Waals surface area contributed by atoms with Gasteiger partial charge in [0.25, 0.3) is 0 Å². The normalized spacial score (nSPS) is 12.0. The molecule has 1 N–H and O–H groups in total. The van der Waals surface area contributed by atoms with E-state index in [2.05, 4.69) is 16.0 Å². The maximum Gasteiger partial charge on any atom is 0.129 e. The summed E-state index contributed by atoms with van der Waals surface area (Å²) in [5.74, 6) is 1.12. The Bertz CT molecular complexity index is 772. The first-order chi connectivity index (χ1) is 9.81. The lowest BCUT2D eigenvalue weighted by Crippen LogP contribution is -2.00. The van der Waals surface area contributed by atoms with Crippen LogP contribution >= 0.6 is 0 Å². The molecule has 0 bridgehead atoms. The Morgan fingerprint density at radius 1 is 1.20 bits per heavy atom. The molecule has 4 nitrogen and oxygen atoms in total. The van der Waals surface area contributed by atoms with Crippen molar-refractivity contribution in [3.05, 3.63) is 60.2 Å². The van der Waals surface area contributed by atoms with Gasteiger partial charge in [0, 0.05) is 12.4 Å². The summed E-state index contributed by atoms with van der Waals surface area (Å²) in [4.78, 5) is 7.17. The summed E-state index contributed by atoms with van der Waals surface area (Å²) in [6, 6.07) is 14.2. The van der Waals surface area contributed by atoms with Crippen molar-refractivity contribution in [1.82, 2.24) is 9.97 Å². The van der Waals surface area contributed by atoms with Gasteiger partial charge in [-0.05, 0) is 34.5 Å². The molecular formula is C16H13N3O. The molecule has 1 heterocycles. The van der Waals surface area contributed by atoms with Crippen LogP contribution in [0.2, 0.25) is 0 Å². The van der Waals surface area contributed by atoms with E-state index >= 15 is 0 Å². The molecular weight excluding hydrogens is 250 g/mol. The first-order valence-electron chi connectivity index (χ1n) is 6.28. The third-order valence-corrected chi connectivity index (χ3v) is 3.33. The zero-order valence-electron chi connectivity index (χ0n) is 11.0. The van der Waals surface area contributed by atoms with Gasteiger partial charge >= 0.3 is 0 Å². The monoisotopic (exact) mass is 263 g/mol. The number of H-pyrrole nitrogens is 1. The highest BCUT2D eigenvalue weighted by molar-refractivity contribution is 5.84. The smallest absolute Gasteiger partial charge is 0.129 e. The van der Waals surface area contributed by atoms with Crippen molar-refractivity contribution < 1.29 is 4.74 Å². The van der Waals surface area contributed by atoms with E-state index in [9.17, 15) is 5.26 Å². The molecule has 20 heavy (non-hydrogen) atoms. The third kappa shape index (κ3) is 2.10. The van der Waals surface area contributed by atoms with Crippen molar-refractivity contribution in [2.45, 2.75) is 5.92 Å². The molecule has 3 aromatic rings. The highest BCUT2D eigenvalue weighted by atomic mass is 16.5. The van der Waals surface area contributed by atoms with Crippen LogP contribution in [-0.2, 0) is 0 Å². The Morgan fingerprint density at radius 3 is 2.70 bits per heavy atom. The quantitative estimate of drug-likeness (QED) is 0.789. The van der Waals surface area contributed by atoms with E-state index in [4.69, 9.17) is 4.74 Å². The fourth-order valence-corrected chi connectivity index (χ4v) is 2.28. The lowest BCUT2D eigenvalue weighted by molar-refractivity contribution is 0.415. The summed E-state index contributed by atoms with van der Waals surface area (Å²) < 4.78 is 5.21. The largest absolute Gasteiger partial charge is 0.497 e. The van der Waals surface area contributed by atoms with Crippen molar-refractivity contribution in [2.75, 3.05) is 7.11 Å². The van der Waals surface area contributed by atoms with Crippen molar-refractivity contribution in [3.8, 4) is 11.8 Å². The Hall–Kier alpha value is -2.80. The van der Waals surface area contributed by atoms with Crippen molar-refractivity contribution >= 4 is 10.8 Å². The van der Waals surface area contributed by atoms with Gasteiger partial charge in [-0.1, -0.05) is 18.2 Å². The van der Waals surface area contributed by atoms with Crippen LogP contribution in [0.3, 0.4) is 0 Å². The predicted molar refractivity (Wildman–Crippen MR) is 76.5 cm³/mol. The second kappa shape index (κ2) is 5.06. The number of benzene rings is 2. The Balaban J connectivity index is 2.07. The molecule has 0 aliphatic carbocycles. The second-order valence-electron chi connectivity index (χ2n) is 4.51. The van der Waals surface area contributed by atoms with Crippen LogP contribution in [-0.4, -0.2) is 17.1 Å². The van der Waals surface area contributed by atoms with Gasteiger partial charge in [-0.15, -0.1) is 0 Å². The number of fused-ring (bicyclic) bond motifs is 1. The lowest BCUT2D eigenvalue weighted by Gasteiger charge is -2.09.